The van der Waals surface area contributed by atoms with E-state index in [1.165, 1.54) is 4.90 Å². The van der Waals surface area contributed by atoms with Crippen LogP contribution in [0.3, 0.4) is 0 Å². The molecule has 1 heterocycles. The first kappa shape index (κ1) is 21.2. The van der Waals surface area contributed by atoms with Gasteiger partial charge in [-0.15, -0.1) is 0 Å². The molecule has 0 radical (unpaired) electrons. The molecule has 2 amide bonds. The number of aryl methyl sites for hydroxylation is 1. The van der Waals surface area contributed by atoms with Gasteiger partial charge in [-0.1, -0.05) is 24.3 Å². The molecule has 4 rings (SSSR count). The smallest absolute Gasteiger partial charge is 0.282 e. The number of nitrogens with one attached hydrogen (secondary N) is 1. The molecule has 3 aromatic carbocycles. The molecule has 6 heteroatoms. The summed E-state index contributed by atoms with van der Waals surface area (Å²) in [5, 5.41) is 3.16. The highest BCUT2D eigenvalue weighted by molar-refractivity contribution is 6.46. The van der Waals surface area contributed by atoms with Crippen LogP contribution in [-0.2, 0) is 9.59 Å². The molecule has 0 aliphatic carbocycles. The lowest BCUT2D eigenvalue weighted by Crippen LogP contribution is -2.33. The maximum Gasteiger partial charge on any atom is 0.282 e. The number of hydrogen-bond acceptors (Lipinski definition) is 5. The molecule has 0 saturated carbocycles. The number of benzene rings is 3. The van der Waals surface area contributed by atoms with Crippen molar-refractivity contribution in [3.63, 3.8) is 0 Å². The van der Waals surface area contributed by atoms with Crippen LogP contribution in [-0.4, -0.2) is 26.0 Å². The Morgan fingerprint density at radius 3 is 1.94 bits per heavy atom. The first-order valence-corrected chi connectivity index (χ1v) is 10.2. The first-order valence-electron chi connectivity index (χ1n) is 10.2. The van der Waals surface area contributed by atoms with Crippen molar-refractivity contribution in [1.29, 1.82) is 0 Å². The molecular formula is C26H24N2O4. The van der Waals surface area contributed by atoms with Gasteiger partial charge >= 0.3 is 0 Å². The summed E-state index contributed by atoms with van der Waals surface area (Å²) in [6, 6.07) is 19.9. The number of carbonyl (C=O) groups is 2. The maximum absolute atomic E-state index is 13.6. The van der Waals surface area contributed by atoms with Gasteiger partial charge in [0.05, 0.1) is 25.5 Å². The third kappa shape index (κ3) is 3.71. The van der Waals surface area contributed by atoms with Crippen LogP contribution in [0, 0.1) is 13.8 Å². The Bertz CT molecular complexity index is 1210. The van der Waals surface area contributed by atoms with Gasteiger partial charge in [0.25, 0.3) is 11.8 Å². The summed E-state index contributed by atoms with van der Waals surface area (Å²) in [4.78, 5) is 28.4. The van der Waals surface area contributed by atoms with Crippen LogP contribution in [0.1, 0.15) is 16.7 Å². The Morgan fingerprint density at radius 2 is 1.34 bits per heavy atom. The summed E-state index contributed by atoms with van der Waals surface area (Å²) in [5.41, 5.74) is 4.32. The number of amides is 2. The molecule has 0 saturated heterocycles. The molecule has 0 fully saturated rings. The van der Waals surface area contributed by atoms with Crippen molar-refractivity contribution in [2.45, 2.75) is 13.8 Å². The van der Waals surface area contributed by atoms with E-state index in [9.17, 15) is 9.59 Å². The van der Waals surface area contributed by atoms with Gasteiger partial charge in [0.15, 0.2) is 0 Å². The third-order valence-electron chi connectivity index (χ3n) is 5.64. The lowest BCUT2D eigenvalue weighted by Gasteiger charge is -2.19. The zero-order chi connectivity index (χ0) is 22.8. The fourth-order valence-electron chi connectivity index (χ4n) is 3.69. The van der Waals surface area contributed by atoms with Gasteiger partial charge in [-0.05, 0) is 73.0 Å². The monoisotopic (exact) mass is 428 g/mol. The number of hydrogen-bond donors (Lipinski definition) is 1. The van der Waals surface area contributed by atoms with E-state index in [-0.39, 0.29) is 11.6 Å². The highest BCUT2D eigenvalue weighted by Gasteiger charge is 2.41. The zero-order valence-corrected chi connectivity index (χ0v) is 18.4. The molecule has 1 N–H and O–H groups in total. The average molecular weight is 428 g/mol. The van der Waals surface area contributed by atoms with Crippen LogP contribution in [0.5, 0.6) is 11.5 Å². The second-order valence-corrected chi connectivity index (χ2v) is 7.50. The van der Waals surface area contributed by atoms with Gasteiger partial charge in [0.2, 0.25) is 0 Å². The molecule has 1 aliphatic heterocycles. The molecule has 0 unspecified atom stereocenters. The van der Waals surface area contributed by atoms with Gasteiger partial charge in [-0.25, -0.2) is 4.90 Å². The highest BCUT2D eigenvalue weighted by atomic mass is 16.5. The maximum atomic E-state index is 13.6. The van der Waals surface area contributed by atoms with E-state index in [2.05, 4.69) is 5.32 Å². The van der Waals surface area contributed by atoms with Crippen LogP contribution < -0.4 is 19.7 Å². The van der Waals surface area contributed by atoms with Crippen LogP contribution in [0.4, 0.5) is 11.4 Å². The largest absolute Gasteiger partial charge is 0.497 e. The topological polar surface area (TPSA) is 67.9 Å². The highest BCUT2D eigenvalue weighted by Crippen LogP contribution is 2.36. The molecule has 0 aromatic heterocycles. The molecular weight excluding hydrogens is 404 g/mol. The third-order valence-corrected chi connectivity index (χ3v) is 5.64. The predicted molar refractivity (Wildman–Crippen MR) is 125 cm³/mol. The molecule has 162 valence electrons. The molecule has 3 aromatic rings. The number of imide groups is 1. The number of rotatable bonds is 6. The molecule has 1 aliphatic rings. The van der Waals surface area contributed by atoms with Gasteiger partial charge in [0, 0.05) is 5.69 Å². The number of ether oxygens (including phenoxy) is 2. The summed E-state index contributed by atoms with van der Waals surface area (Å²) >= 11 is 0. The van der Waals surface area contributed by atoms with Crippen molar-refractivity contribution < 1.29 is 19.1 Å². The van der Waals surface area contributed by atoms with E-state index in [1.807, 2.05) is 26.0 Å². The minimum absolute atomic E-state index is 0.228. The standard InChI is InChI=1S/C26H24N2O4/c1-16-6-5-7-22(17(16)2)28-25(29)23(18-8-12-20(31-3)13-9-18)24(26(28)30)27-19-10-14-21(32-4)15-11-19/h5-15,27H,1-4H3. The Balaban J connectivity index is 1.82. The number of methoxy groups -OCH3 is 2. The molecule has 0 spiro atoms. The fraction of sp³-hybridized carbons (Fsp3) is 0.154. The zero-order valence-electron chi connectivity index (χ0n) is 18.4. The first-order chi connectivity index (χ1) is 15.4. The Morgan fingerprint density at radius 1 is 0.750 bits per heavy atom. The van der Waals surface area contributed by atoms with Crippen molar-refractivity contribution in [3.8, 4) is 11.5 Å². The van der Waals surface area contributed by atoms with Crippen LogP contribution in [0.25, 0.3) is 5.57 Å². The molecule has 0 bridgehead atoms. The van der Waals surface area contributed by atoms with E-state index in [0.717, 1.165) is 11.1 Å². The average Bonchev–Trinajstić information content (AvgIpc) is 3.05. The summed E-state index contributed by atoms with van der Waals surface area (Å²) in [6.07, 6.45) is 0. The number of anilines is 2. The predicted octanol–water partition coefficient (Wildman–Crippen LogP) is 4.72. The molecule has 0 atom stereocenters. The summed E-state index contributed by atoms with van der Waals surface area (Å²) < 4.78 is 10.4. The van der Waals surface area contributed by atoms with E-state index < -0.39 is 5.91 Å². The van der Waals surface area contributed by atoms with Crippen molar-refractivity contribution in [2.24, 2.45) is 0 Å². The van der Waals surface area contributed by atoms with E-state index in [4.69, 9.17) is 9.47 Å². The van der Waals surface area contributed by atoms with Crippen molar-refractivity contribution in [3.05, 3.63) is 89.1 Å². The second-order valence-electron chi connectivity index (χ2n) is 7.50. The van der Waals surface area contributed by atoms with E-state index in [1.54, 1.807) is 68.8 Å². The lowest BCUT2D eigenvalue weighted by atomic mass is 10.0. The minimum atomic E-state index is -0.398. The lowest BCUT2D eigenvalue weighted by molar-refractivity contribution is -0.120. The van der Waals surface area contributed by atoms with Gasteiger partial charge < -0.3 is 14.8 Å². The van der Waals surface area contributed by atoms with E-state index >= 15 is 0 Å². The SMILES string of the molecule is COc1ccc(NC2=C(c3ccc(OC)cc3)C(=O)N(c3cccc(C)c3C)C2=O)cc1. The second kappa shape index (κ2) is 8.59. The summed E-state index contributed by atoms with van der Waals surface area (Å²) in [7, 11) is 3.17. The molecule has 32 heavy (non-hydrogen) atoms. The number of nitrogens with zero attached hydrogens (tertiary/aromatic N) is 1. The van der Waals surface area contributed by atoms with Crippen molar-refractivity contribution in [2.75, 3.05) is 24.4 Å². The number of carbonyl (C=O) groups excluding carboxylic acids is 2. The Kier molecular flexibility index (Phi) is 5.69. The minimum Gasteiger partial charge on any atom is -0.497 e. The van der Waals surface area contributed by atoms with Crippen molar-refractivity contribution >= 4 is 28.8 Å². The van der Waals surface area contributed by atoms with E-state index in [0.29, 0.717) is 34.0 Å². The fourth-order valence-corrected chi connectivity index (χ4v) is 3.69. The van der Waals surface area contributed by atoms with Gasteiger partial charge in [0.1, 0.15) is 17.2 Å². The van der Waals surface area contributed by atoms with Gasteiger partial charge in [-0.3, -0.25) is 9.59 Å². The molecule has 6 nitrogen and oxygen atoms in total. The normalized spacial score (nSPS) is 13.6. The summed E-state index contributed by atoms with van der Waals surface area (Å²) in [5.74, 6) is 0.600. The quantitative estimate of drug-likeness (QED) is 0.576. The van der Waals surface area contributed by atoms with Crippen LogP contribution in [0.15, 0.2) is 72.4 Å². The van der Waals surface area contributed by atoms with Crippen molar-refractivity contribution in [1.82, 2.24) is 0 Å². The Hall–Kier alpha value is -4.06. The Labute approximate surface area is 187 Å². The summed E-state index contributed by atoms with van der Waals surface area (Å²) in [6.45, 7) is 3.87. The van der Waals surface area contributed by atoms with Gasteiger partial charge in [-0.2, -0.15) is 0 Å². The van der Waals surface area contributed by atoms with Crippen LogP contribution >= 0.6 is 0 Å². The van der Waals surface area contributed by atoms with Crippen LogP contribution in [0.2, 0.25) is 0 Å².